The molecule has 0 unspecified atom stereocenters. The third-order valence-corrected chi connectivity index (χ3v) is 5.49. The second kappa shape index (κ2) is 7.93. The van der Waals surface area contributed by atoms with Crippen LogP contribution in [0.1, 0.15) is 46.7 Å². The van der Waals surface area contributed by atoms with Gasteiger partial charge >= 0.3 is 0 Å². The molecular formula is C23H22N6O. The number of hydrogen-bond donors (Lipinski definition) is 3. The largest absolute Gasteiger partial charge is 0.404 e. The van der Waals surface area contributed by atoms with Crippen LogP contribution in [0.15, 0.2) is 52.4 Å². The average molecular weight is 398 g/mol. The maximum absolute atomic E-state index is 12.1. The quantitative estimate of drug-likeness (QED) is 0.568. The lowest BCUT2D eigenvalue weighted by Crippen LogP contribution is -2.14. The van der Waals surface area contributed by atoms with Crippen LogP contribution in [0.2, 0.25) is 0 Å². The summed E-state index contributed by atoms with van der Waals surface area (Å²) < 4.78 is 0. The number of aromatic amines is 1. The Hall–Kier alpha value is -3.76. The van der Waals surface area contributed by atoms with Crippen molar-refractivity contribution in [2.75, 3.05) is 7.05 Å². The van der Waals surface area contributed by atoms with Crippen molar-refractivity contribution in [1.82, 2.24) is 10.2 Å². The van der Waals surface area contributed by atoms with E-state index < -0.39 is 0 Å². The standard InChI is InChI=1S/C23H22N6O/c1-27-22(17-6-4-14(13-2-3-13)8-16(17)10-24)20(11-25)15-5-7-18-19(9-15)21(12-26)28-29-23(18)30/h4-9,11,13H,2-3,12,25-26H2,1H3,(H,29,30). The van der Waals surface area contributed by atoms with Gasteiger partial charge in [-0.25, -0.2) is 5.10 Å². The first kappa shape index (κ1) is 19.6. The van der Waals surface area contributed by atoms with Crippen LogP contribution in [0.3, 0.4) is 0 Å². The molecule has 1 aliphatic carbocycles. The van der Waals surface area contributed by atoms with Crippen molar-refractivity contribution in [2.45, 2.75) is 25.3 Å². The highest BCUT2D eigenvalue weighted by atomic mass is 16.1. The molecule has 0 amide bonds. The van der Waals surface area contributed by atoms with Gasteiger partial charge in [0.05, 0.1) is 28.4 Å². The monoisotopic (exact) mass is 398 g/mol. The summed E-state index contributed by atoms with van der Waals surface area (Å²) in [5.41, 5.74) is 16.6. The smallest absolute Gasteiger partial charge is 0.272 e. The van der Waals surface area contributed by atoms with Crippen LogP contribution in [-0.2, 0) is 6.54 Å². The SMILES string of the molecule is CN=C(C(=CN)c1ccc2c(=O)[nH]nc(CN)c2c1)c1ccc(C2CC2)cc1C#N. The number of benzene rings is 2. The molecule has 4 rings (SSSR count). The molecule has 1 aliphatic rings. The maximum atomic E-state index is 12.1. The first-order chi connectivity index (χ1) is 14.6. The minimum absolute atomic E-state index is 0.189. The van der Waals surface area contributed by atoms with Crippen LogP contribution in [0, 0.1) is 11.3 Å². The van der Waals surface area contributed by atoms with Crippen molar-refractivity contribution in [3.05, 3.63) is 80.9 Å². The second-order valence-corrected chi connectivity index (χ2v) is 7.31. The van der Waals surface area contributed by atoms with Crippen molar-refractivity contribution in [3.8, 4) is 6.07 Å². The highest BCUT2D eigenvalue weighted by molar-refractivity contribution is 6.32. The molecule has 0 radical (unpaired) electrons. The third kappa shape index (κ3) is 3.38. The van der Waals surface area contributed by atoms with E-state index in [9.17, 15) is 10.1 Å². The lowest BCUT2D eigenvalue weighted by Gasteiger charge is -2.14. The van der Waals surface area contributed by atoms with E-state index >= 15 is 0 Å². The van der Waals surface area contributed by atoms with Crippen LogP contribution in [0.5, 0.6) is 0 Å². The predicted octanol–water partition coefficient (Wildman–Crippen LogP) is 2.55. The zero-order valence-electron chi connectivity index (χ0n) is 16.6. The fraction of sp³-hybridized carbons (Fsp3) is 0.217. The summed E-state index contributed by atoms with van der Waals surface area (Å²) in [5, 5.41) is 17.4. The van der Waals surface area contributed by atoms with Gasteiger partial charge in [0.1, 0.15) is 0 Å². The summed E-state index contributed by atoms with van der Waals surface area (Å²) in [5.74, 6) is 0.554. The Morgan fingerprint density at radius 2 is 2.10 bits per heavy atom. The lowest BCUT2D eigenvalue weighted by molar-refractivity contribution is 0.900. The van der Waals surface area contributed by atoms with Gasteiger partial charge in [0.2, 0.25) is 0 Å². The summed E-state index contributed by atoms with van der Waals surface area (Å²) >= 11 is 0. The van der Waals surface area contributed by atoms with Crippen molar-refractivity contribution < 1.29 is 0 Å². The Morgan fingerprint density at radius 1 is 1.30 bits per heavy atom. The zero-order valence-corrected chi connectivity index (χ0v) is 16.6. The molecule has 1 heterocycles. The van der Waals surface area contributed by atoms with E-state index in [2.05, 4.69) is 27.3 Å². The van der Waals surface area contributed by atoms with Crippen molar-refractivity contribution in [3.63, 3.8) is 0 Å². The number of nitriles is 1. The van der Waals surface area contributed by atoms with E-state index in [1.54, 1.807) is 13.1 Å². The Kier molecular flexibility index (Phi) is 5.17. The number of nitrogens with two attached hydrogens (primary N) is 2. The van der Waals surface area contributed by atoms with Gasteiger partial charge in [-0.15, -0.1) is 0 Å². The molecule has 30 heavy (non-hydrogen) atoms. The van der Waals surface area contributed by atoms with Gasteiger partial charge in [0.15, 0.2) is 0 Å². The molecule has 1 fully saturated rings. The van der Waals surface area contributed by atoms with E-state index in [-0.39, 0.29) is 12.1 Å². The average Bonchev–Trinajstić information content (AvgIpc) is 3.63. The summed E-state index contributed by atoms with van der Waals surface area (Å²) in [6, 6.07) is 13.6. The molecule has 1 saturated carbocycles. The van der Waals surface area contributed by atoms with E-state index in [4.69, 9.17) is 11.5 Å². The Balaban J connectivity index is 1.84. The lowest BCUT2D eigenvalue weighted by atomic mass is 9.91. The number of allylic oxidation sites excluding steroid dienone is 1. The van der Waals surface area contributed by atoms with Crippen molar-refractivity contribution in [2.24, 2.45) is 16.5 Å². The first-order valence-electron chi connectivity index (χ1n) is 9.76. The molecule has 5 N–H and O–H groups in total. The number of fused-ring (bicyclic) bond motifs is 1. The number of nitrogens with zero attached hydrogens (tertiary/aromatic N) is 3. The maximum Gasteiger partial charge on any atom is 0.272 e. The van der Waals surface area contributed by atoms with Crippen molar-refractivity contribution in [1.29, 1.82) is 5.26 Å². The first-order valence-corrected chi connectivity index (χ1v) is 9.76. The fourth-order valence-corrected chi connectivity index (χ4v) is 3.77. The number of nitrogens with one attached hydrogen (secondary N) is 1. The molecule has 0 spiro atoms. The molecular weight excluding hydrogens is 376 g/mol. The molecule has 2 aromatic carbocycles. The normalized spacial score (nSPS) is 14.7. The van der Waals surface area contributed by atoms with Gasteiger partial charge in [-0.05, 0) is 48.1 Å². The number of aliphatic imine (C=N–C) groups is 1. The zero-order chi connectivity index (χ0) is 21.3. The van der Waals surface area contributed by atoms with E-state index in [0.717, 1.165) is 11.1 Å². The van der Waals surface area contributed by atoms with Crippen LogP contribution < -0.4 is 17.0 Å². The van der Waals surface area contributed by atoms with E-state index in [1.165, 1.54) is 24.6 Å². The molecule has 0 atom stereocenters. The van der Waals surface area contributed by atoms with Gasteiger partial charge in [0.25, 0.3) is 5.56 Å². The highest BCUT2D eigenvalue weighted by Crippen LogP contribution is 2.40. The van der Waals surface area contributed by atoms with Crippen LogP contribution in [-0.4, -0.2) is 23.0 Å². The third-order valence-electron chi connectivity index (χ3n) is 5.49. The minimum atomic E-state index is -0.279. The molecule has 3 aromatic rings. The fourth-order valence-electron chi connectivity index (χ4n) is 3.77. The Bertz CT molecular complexity index is 1290. The van der Waals surface area contributed by atoms with Crippen LogP contribution >= 0.6 is 0 Å². The van der Waals surface area contributed by atoms with Crippen molar-refractivity contribution >= 4 is 22.1 Å². The van der Waals surface area contributed by atoms with Gasteiger partial charge < -0.3 is 11.5 Å². The van der Waals surface area contributed by atoms with E-state index in [1.807, 2.05) is 24.3 Å². The summed E-state index contributed by atoms with van der Waals surface area (Å²) in [6.07, 6.45) is 3.81. The van der Waals surface area contributed by atoms with Gasteiger partial charge in [-0.1, -0.05) is 18.2 Å². The predicted molar refractivity (Wildman–Crippen MR) is 118 cm³/mol. The molecule has 0 saturated heterocycles. The number of hydrogen-bond acceptors (Lipinski definition) is 6. The molecule has 150 valence electrons. The second-order valence-electron chi connectivity index (χ2n) is 7.31. The van der Waals surface area contributed by atoms with Crippen LogP contribution in [0.25, 0.3) is 16.3 Å². The molecule has 0 bridgehead atoms. The summed E-state index contributed by atoms with van der Waals surface area (Å²) in [4.78, 5) is 16.6. The van der Waals surface area contributed by atoms with Gasteiger partial charge in [0, 0.05) is 36.3 Å². The Morgan fingerprint density at radius 3 is 2.73 bits per heavy atom. The molecule has 7 heteroatoms. The molecule has 1 aromatic heterocycles. The van der Waals surface area contributed by atoms with E-state index in [0.29, 0.717) is 39.2 Å². The minimum Gasteiger partial charge on any atom is -0.404 e. The van der Waals surface area contributed by atoms with Crippen LogP contribution in [0.4, 0.5) is 0 Å². The summed E-state index contributed by atoms with van der Waals surface area (Å²) in [6.45, 7) is 0.189. The number of H-pyrrole nitrogens is 1. The number of aromatic nitrogens is 2. The molecule has 0 aliphatic heterocycles. The summed E-state index contributed by atoms with van der Waals surface area (Å²) in [7, 11) is 1.67. The topological polar surface area (TPSA) is 134 Å². The molecule has 7 nitrogen and oxygen atoms in total. The van der Waals surface area contributed by atoms with Gasteiger partial charge in [-0.3, -0.25) is 9.79 Å². The highest BCUT2D eigenvalue weighted by Gasteiger charge is 2.25. The Labute approximate surface area is 173 Å². The number of rotatable bonds is 5. The van der Waals surface area contributed by atoms with Gasteiger partial charge in [-0.2, -0.15) is 10.4 Å².